The van der Waals surface area contributed by atoms with E-state index in [1.165, 1.54) is 22.5 Å². The van der Waals surface area contributed by atoms with E-state index < -0.39 is 0 Å². The molecule has 3 aromatic heterocycles. The van der Waals surface area contributed by atoms with E-state index in [9.17, 15) is 0 Å². The average molecular weight is 393 g/mol. The molecule has 1 saturated heterocycles. The van der Waals surface area contributed by atoms with Crippen molar-refractivity contribution in [1.82, 2.24) is 29.1 Å². The molecule has 1 aliphatic heterocycles. The highest BCUT2D eigenvalue weighted by Gasteiger charge is 2.20. The van der Waals surface area contributed by atoms with Crippen molar-refractivity contribution >= 4 is 0 Å². The Labute approximate surface area is 173 Å². The molecule has 4 rings (SSSR count). The predicted molar refractivity (Wildman–Crippen MR) is 116 cm³/mol. The summed E-state index contributed by atoms with van der Waals surface area (Å²) in [7, 11) is 0. The Morgan fingerprint density at radius 2 is 1.55 bits per heavy atom. The number of hydrogen-bond acceptors (Lipinski definition) is 4. The zero-order valence-corrected chi connectivity index (χ0v) is 18.0. The molecule has 1 fully saturated rings. The van der Waals surface area contributed by atoms with Crippen LogP contribution in [0.25, 0.3) is 5.82 Å². The summed E-state index contributed by atoms with van der Waals surface area (Å²) in [5.41, 5.74) is 5.36. The van der Waals surface area contributed by atoms with Gasteiger partial charge in [-0.05, 0) is 57.0 Å². The summed E-state index contributed by atoms with van der Waals surface area (Å²) in [5.74, 6) is 1.16. The highest BCUT2D eigenvalue weighted by atomic mass is 15.3. The smallest absolute Gasteiger partial charge is 0.135 e. The second-order valence-electron chi connectivity index (χ2n) is 8.37. The van der Waals surface area contributed by atoms with Crippen molar-refractivity contribution in [3.05, 3.63) is 65.4 Å². The zero-order chi connectivity index (χ0) is 20.4. The van der Waals surface area contributed by atoms with Crippen LogP contribution in [0.15, 0.2) is 42.9 Å². The first-order valence-corrected chi connectivity index (χ1v) is 10.6. The van der Waals surface area contributed by atoms with Gasteiger partial charge in [-0.3, -0.25) is 14.8 Å². The van der Waals surface area contributed by atoms with E-state index >= 15 is 0 Å². The zero-order valence-electron chi connectivity index (χ0n) is 18.0. The monoisotopic (exact) mass is 392 g/mol. The molecule has 6 heteroatoms. The summed E-state index contributed by atoms with van der Waals surface area (Å²) >= 11 is 0. The number of aryl methyl sites for hydroxylation is 1. The molecule has 0 aliphatic carbocycles. The summed E-state index contributed by atoms with van der Waals surface area (Å²) in [6.07, 6.45) is 5.66. The fourth-order valence-electron chi connectivity index (χ4n) is 4.32. The molecule has 29 heavy (non-hydrogen) atoms. The van der Waals surface area contributed by atoms with E-state index in [0.717, 1.165) is 45.1 Å². The maximum atomic E-state index is 4.52. The van der Waals surface area contributed by atoms with Crippen LogP contribution in [0.1, 0.15) is 42.4 Å². The van der Waals surface area contributed by atoms with E-state index in [1.807, 2.05) is 18.6 Å². The van der Waals surface area contributed by atoms with E-state index in [1.54, 1.807) is 0 Å². The SMILES string of the molecule is Cc1cc(CN2CCN(Cc3ccncc3)CC2)c(C)n1-c1ccnn1C(C)C. The van der Waals surface area contributed by atoms with Gasteiger partial charge in [-0.2, -0.15) is 5.10 Å². The lowest BCUT2D eigenvalue weighted by Crippen LogP contribution is -2.45. The highest BCUT2D eigenvalue weighted by molar-refractivity contribution is 5.37. The molecule has 0 N–H and O–H groups in total. The lowest BCUT2D eigenvalue weighted by molar-refractivity contribution is 0.122. The molecule has 3 aromatic rings. The Balaban J connectivity index is 1.41. The maximum absolute atomic E-state index is 4.52. The van der Waals surface area contributed by atoms with Crippen LogP contribution in [0, 0.1) is 13.8 Å². The summed E-state index contributed by atoms with van der Waals surface area (Å²) in [4.78, 5) is 9.23. The normalized spacial score (nSPS) is 16.0. The topological polar surface area (TPSA) is 42.1 Å². The van der Waals surface area contributed by atoms with E-state index in [0.29, 0.717) is 6.04 Å². The fraction of sp³-hybridized carbons (Fsp3) is 0.478. The molecule has 0 bridgehead atoms. The fourth-order valence-corrected chi connectivity index (χ4v) is 4.32. The molecule has 4 heterocycles. The summed E-state index contributed by atoms with van der Waals surface area (Å²) in [6.45, 7) is 15.3. The number of piperazine rings is 1. The number of hydrogen-bond donors (Lipinski definition) is 0. The molecule has 0 aromatic carbocycles. The molecule has 6 nitrogen and oxygen atoms in total. The largest absolute Gasteiger partial charge is 0.303 e. The van der Waals surface area contributed by atoms with E-state index in [-0.39, 0.29) is 0 Å². The van der Waals surface area contributed by atoms with Gasteiger partial charge in [0.1, 0.15) is 5.82 Å². The van der Waals surface area contributed by atoms with Crippen LogP contribution in [0.4, 0.5) is 0 Å². The maximum Gasteiger partial charge on any atom is 0.135 e. The van der Waals surface area contributed by atoms with Crippen LogP contribution in [0.3, 0.4) is 0 Å². The Hall–Kier alpha value is -2.44. The van der Waals surface area contributed by atoms with Gasteiger partial charge in [0, 0.05) is 75.2 Å². The van der Waals surface area contributed by atoms with Gasteiger partial charge in [0.15, 0.2) is 0 Å². The van der Waals surface area contributed by atoms with Gasteiger partial charge in [-0.15, -0.1) is 0 Å². The quantitative estimate of drug-likeness (QED) is 0.643. The standard InChI is InChI=1S/C23H32N6/c1-18(2)29-23(7-10-25-29)28-19(3)15-22(20(28)4)17-27-13-11-26(12-14-27)16-21-5-8-24-9-6-21/h5-10,15,18H,11-14,16-17H2,1-4H3. The van der Waals surface area contributed by atoms with Crippen LogP contribution in [-0.4, -0.2) is 55.3 Å². The number of nitrogens with zero attached hydrogens (tertiary/aromatic N) is 6. The highest BCUT2D eigenvalue weighted by Crippen LogP contribution is 2.24. The minimum Gasteiger partial charge on any atom is -0.303 e. The van der Waals surface area contributed by atoms with Gasteiger partial charge in [-0.25, -0.2) is 4.68 Å². The average Bonchev–Trinajstić information content (AvgIpc) is 3.29. The molecule has 0 amide bonds. The Kier molecular flexibility index (Phi) is 5.83. The molecule has 154 valence electrons. The van der Waals surface area contributed by atoms with Crippen molar-refractivity contribution in [2.75, 3.05) is 26.2 Å². The number of aromatic nitrogens is 4. The Bertz CT molecular complexity index is 932. The lowest BCUT2D eigenvalue weighted by atomic mass is 10.2. The van der Waals surface area contributed by atoms with Gasteiger partial charge < -0.3 is 4.57 Å². The molecule has 0 atom stereocenters. The van der Waals surface area contributed by atoms with Gasteiger partial charge in [0.2, 0.25) is 0 Å². The molecule has 0 radical (unpaired) electrons. The summed E-state index contributed by atoms with van der Waals surface area (Å²) in [5, 5.41) is 4.52. The van der Waals surface area contributed by atoms with Gasteiger partial charge in [-0.1, -0.05) is 0 Å². The minimum atomic E-state index is 0.345. The van der Waals surface area contributed by atoms with Crippen molar-refractivity contribution in [2.24, 2.45) is 0 Å². The van der Waals surface area contributed by atoms with Crippen molar-refractivity contribution in [2.45, 2.75) is 46.8 Å². The van der Waals surface area contributed by atoms with E-state index in [2.05, 4.69) is 81.1 Å². The van der Waals surface area contributed by atoms with Gasteiger partial charge in [0.05, 0.1) is 6.20 Å². The second-order valence-corrected chi connectivity index (χ2v) is 8.37. The third-order valence-electron chi connectivity index (χ3n) is 5.92. The van der Waals surface area contributed by atoms with Crippen LogP contribution in [0.5, 0.6) is 0 Å². The summed E-state index contributed by atoms with van der Waals surface area (Å²) < 4.78 is 4.45. The molecule has 0 spiro atoms. The second kappa shape index (κ2) is 8.51. The summed E-state index contributed by atoms with van der Waals surface area (Å²) in [6, 6.07) is 9.03. The van der Waals surface area contributed by atoms with Crippen molar-refractivity contribution in [3.63, 3.8) is 0 Å². The lowest BCUT2D eigenvalue weighted by Gasteiger charge is -2.34. The van der Waals surface area contributed by atoms with Crippen LogP contribution in [0.2, 0.25) is 0 Å². The first-order valence-electron chi connectivity index (χ1n) is 10.6. The van der Waals surface area contributed by atoms with Crippen LogP contribution in [-0.2, 0) is 13.1 Å². The molecular weight excluding hydrogens is 360 g/mol. The van der Waals surface area contributed by atoms with Crippen molar-refractivity contribution in [3.8, 4) is 5.82 Å². The van der Waals surface area contributed by atoms with Crippen LogP contribution >= 0.6 is 0 Å². The molecule has 1 aliphatic rings. The van der Waals surface area contributed by atoms with Crippen molar-refractivity contribution in [1.29, 1.82) is 0 Å². The number of rotatable bonds is 6. The third kappa shape index (κ3) is 4.28. The molecule has 0 unspecified atom stereocenters. The van der Waals surface area contributed by atoms with Gasteiger partial charge >= 0.3 is 0 Å². The van der Waals surface area contributed by atoms with Crippen molar-refractivity contribution < 1.29 is 0 Å². The Morgan fingerprint density at radius 1 is 0.897 bits per heavy atom. The Morgan fingerprint density at radius 3 is 2.21 bits per heavy atom. The predicted octanol–water partition coefficient (Wildman–Crippen LogP) is 3.58. The first kappa shape index (κ1) is 19.9. The van der Waals surface area contributed by atoms with Crippen LogP contribution < -0.4 is 0 Å². The molecule has 0 saturated carbocycles. The minimum absolute atomic E-state index is 0.345. The first-order chi connectivity index (χ1) is 14.0. The van der Waals surface area contributed by atoms with E-state index in [4.69, 9.17) is 0 Å². The molecular formula is C23H32N6. The third-order valence-corrected chi connectivity index (χ3v) is 5.92. The number of pyridine rings is 1. The van der Waals surface area contributed by atoms with Gasteiger partial charge in [0.25, 0.3) is 0 Å².